The minimum atomic E-state index is -6.41. The summed E-state index contributed by atoms with van der Waals surface area (Å²) in [5.74, 6) is -12.2. The van der Waals surface area contributed by atoms with Crippen molar-refractivity contribution in [3.8, 4) is 11.5 Å². The van der Waals surface area contributed by atoms with E-state index in [2.05, 4.69) is 20.1 Å². The highest BCUT2D eigenvalue weighted by Gasteiger charge is 2.63. The third kappa shape index (κ3) is 5.06. The number of phenolic OH excluding ortho intramolecular Hbond substituents is 1. The number of Topliss-reactive ketones (excluding diaryl/α,β-unsaturated/α-hetero) is 2. The average Bonchev–Trinajstić information content (AvgIpc) is 2.91. The number of alkyl halides is 4. The van der Waals surface area contributed by atoms with E-state index >= 15 is 0 Å². The number of halogens is 4. The summed E-state index contributed by atoms with van der Waals surface area (Å²) in [6.45, 7) is 0. The zero-order valence-electron chi connectivity index (χ0n) is 24.4. The maximum Gasteiger partial charge on any atom is 0.534 e. The fourth-order valence-electron chi connectivity index (χ4n) is 6.34. The highest BCUT2D eigenvalue weighted by molar-refractivity contribution is 9.09. The third-order valence-electron chi connectivity index (χ3n) is 8.13. The van der Waals surface area contributed by atoms with Gasteiger partial charge in [0.2, 0.25) is 11.7 Å². The van der Waals surface area contributed by atoms with Crippen LogP contribution in [0.25, 0.3) is 0 Å². The van der Waals surface area contributed by atoms with E-state index in [1.165, 1.54) is 33.1 Å². The van der Waals surface area contributed by atoms with Crippen LogP contribution in [0.5, 0.6) is 11.5 Å². The monoisotopic (exact) mass is 740 g/mol. The van der Waals surface area contributed by atoms with Gasteiger partial charge < -0.3 is 40.6 Å². The molecule has 3 unspecified atom stereocenters. The number of carbonyl (C=O) groups is 4. The van der Waals surface area contributed by atoms with Crippen molar-refractivity contribution in [2.75, 3.05) is 43.7 Å². The van der Waals surface area contributed by atoms with Crippen molar-refractivity contribution in [3.63, 3.8) is 0 Å². The Labute approximate surface area is 267 Å². The second kappa shape index (κ2) is 11.4. The number of aliphatic hydroxyl groups excluding tert-OH is 2. The van der Waals surface area contributed by atoms with Crippen LogP contribution in [0.2, 0.25) is 0 Å². The van der Waals surface area contributed by atoms with Gasteiger partial charge in [-0.15, -0.1) is 0 Å². The molecule has 0 aliphatic heterocycles. The van der Waals surface area contributed by atoms with Crippen LogP contribution in [0, 0.1) is 11.8 Å². The van der Waals surface area contributed by atoms with Gasteiger partial charge in [0.05, 0.1) is 22.6 Å². The minimum absolute atomic E-state index is 0.259. The molecule has 0 fully saturated rings. The lowest BCUT2D eigenvalue weighted by Gasteiger charge is -2.50. The van der Waals surface area contributed by atoms with E-state index in [1.807, 2.05) is 5.32 Å². The summed E-state index contributed by atoms with van der Waals surface area (Å²) in [6, 6.07) is -1.32. The van der Waals surface area contributed by atoms with Crippen molar-refractivity contribution < 1.29 is 65.4 Å². The predicted octanol–water partition coefficient (Wildman–Crippen LogP) is 0.748. The van der Waals surface area contributed by atoms with Crippen molar-refractivity contribution >= 4 is 60.8 Å². The van der Waals surface area contributed by atoms with Crippen molar-refractivity contribution in [2.45, 2.75) is 30.0 Å². The largest absolute Gasteiger partial charge is 0.534 e. The first kappa shape index (κ1) is 35.0. The predicted molar refractivity (Wildman–Crippen MR) is 156 cm³/mol. The molecule has 46 heavy (non-hydrogen) atoms. The summed E-state index contributed by atoms with van der Waals surface area (Å²) in [6.07, 6.45) is -0.788. The molecule has 1 aromatic rings. The number of hydrogen-bond donors (Lipinski definition) is 6. The number of carbonyl (C=O) groups excluding carboxylic acids is 4. The number of amides is 2. The zero-order chi connectivity index (χ0) is 35.0. The molecule has 3 aliphatic carbocycles. The van der Waals surface area contributed by atoms with Gasteiger partial charge in [-0.05, 0) is 38.4 Å². The number of allylic oxidation sites excluding steroid dienone is 1. The van der Waals surface area contributed by atoms with Gasteiger partial charge in [-0.2, -0.15) is 21.6 Å². The number of aromatic hydroxyl groups is 1. The molecule has 2 amide bonds. The number of likely N-dealkylation sites (N-methyl/N-ethyl adjacent to an activating group) is 1. The number of nitrogens with zero attached hydrogens (tertiary/aromatic N) is 2. The Morgan fingerprint density at radius 3 is 2.22 bits per heavy atom. The molecule has 0 heterocycles. The summed E-state index contributed by atoms with van der Waals surface area (Å²) >= 11 is 2.81. The van der Waals surface area contributed by atoms with Gasteiger partial charge in [0.1, 0.15) is 22.8 Å². The van der Waals surface area contributed by atoms with E-state index in [0.717, 1.165) is 4.90 Å². The van der Waals surface area contributed by atoms with Crippen molar-refractivity contribution in [1.29, 1.82) is 0 Å². The van der Waals surface area contributed by atoms with Crippen LogP contribution >= 0.6 is 15.9 Å². The lowest BCUT2D eigenvalue weighted by Crippen LogP contribution is -2.63. The molecule has 1 aromatic carbocycles. The number of ketones is 2. The van der Waals surface area contributed by atoms with Crippen molar-refractivity contribution in [3.05, 3.63) is 33.8 Å². The molecule has 3 aliphatic rings. The van der Waals surface area contributed by atoms with Crippen LogP contribution in [0.4, 0.5) is 24.5 Å². The summed E-state index contributed by atoms with van der Waals surface area (Å²) < 4.78 is 69.1. The topological polar surface area (TPSA) is 237 Å². The van der Waals surface area contributed by atoms with Gasteiger partial charge in [-0.1, -0.05) is 15.9 Å². The number of nitrogens with two attached hydrogens (primary N) is 1. The molecule has 252 valence electrons. The van der Waals surface area contributed by atoms with E-state index < -0.39 is 125 Å². The molecule has 15 nitrogen and oxygen atoms in total. The Bertz CT molecular complexity index is 1760. The quantitative estimate of drug-likeness (QED) is 0.0745. The first-order valence-corrected chi connectivity index (χ1v) is 15.7. The number of primary amides is 1. The van der Waals surface area contributed by atoms with Crippen LogP contribution in [0.1, 0.15) is 22.3 Å². The first-order chi connectivity index (χ1) is 21.0. The summed E-state index contributed by atoms with van der Waals surface area (Å²) in [7, 11) is -1.07. The van der Waals surface area contributed by atoms with Crippen LogP contribution < -0.4 is 20.1 Å². The van der Waals surface area contributed by atoms with E-state index in [1.54, 1.807) is 0 Å². The SMILES string of the molecule is CN(C)c1c2c(c(O)c(NC(=O)CBr)c1OS(=O)(=O)C(F)(F)F)C(=O)C1=C(O)C3(O)C(=O)C(C(N)=O)=C(O)[C@@H](N(C)C)C3CC1C2. The lowest BCUT2D eigenvalue weighted by atomic mass is 9.58. The van der Waals surface area contributed by atoms with E-state index in [9.17, 15) is 61.2 Å². The Hall–Kier alpha value is -3.88. The molecule has 0 bridgehead atoms. The molecule has 0 aromatic heterocycles. The van der Waals surface area contributed by atoms with Crippen LogP contribution in [0.3, 0.4) is 0 Å². The molecule has 4 atom stereocenters. The first-order valence-electron chi connectivity index (χ1n) is 13.1. The molecule has 20 heteroatoms. The van der Waals surface area contributed by atoms with Crippen molar-refractivity contribution in [2.24, 2.45) is 17.6 Å². The lowest BCUT2D eigenvalue weighted by molar-refractivity contribution is -0.148. The number of hydrogen-bond acceptors (Lipinski definition) is 13. The highest BCUT2D eigenvalue weighted by atomic mass is 79.9. The van der Waals surface area contributed by atoms with Crippen LogP contribution in [-0.2, 0) is 30.9 Å². The van der Waals surface area contributed by atoms with Crippen molar-refractivity contribution in [1.82, 2.24) is 4.90 Å². The fourth-order valence-corrected chi connectivity index (χ4v) is 6.96. The normalized spacial score (nSPS) is 24.8. The number of fused-ring (bicyclic) bond motifs is 3. The standard InChI is InChI=1S/C26H28BrF3N4O11S/c1-33(2)16-9-5-8-6-10-17(34(3)4)20(38)14(24(31)41)23(40)25(10,42)22(39)12(8)18(36)13(9)19(37)15(32-11(35)7-27)21(16)45-46(43,44)26(28,29)30/h8,10,17,37-39,42H,5-7H2,1-4H3,(H2,31,41)(H,32,35)/t8?,10?,17-,25?/m0/s1. The Kier molecular flexibility index (Phi) is 8.69. The summed E-state index contributed by atoms with van der Waals surface area (Å²) in [4.78, 5) is 54.4. The van der Waals surface area contributed by atoms with E-state index in [0.29, 0.717) is 0 Å². The number of anilines is 2. The maximum absolute atomic E-state index is 14.1. The smallest absolute Gasteiger partial charge is 0.510 e. The Morgan fingerprint density at radius 2 is 1.74 bits per heavy atom. The van der Waals surface area contributed by atoms with Gasteiger partial charge in [0.15, 0.2) is 22.9 Å². The summed E-state index contributed by atoms with van der Waals surface area (Å²) in [5, 5.41) is 46.8. The molecular weight excluding hydrogens is 713 g/mol. The van der Waals surface area contributed by atoms with Gasteiger partial charge in [0.25, 0.3) is 5.91 Å². The second-order valence-electron chi connectivity index (χ2n) is 11.3. The van der Waals surface area contributed by atoms with E-state index in [-0.39, 0.29) is 12.0 Å². The number of benzene rings is 1. The third-order valence-corrected chi connectivity index (χ3v) is 9.59. The molecule has 0 saturated carbocycles. The van der Waals surface area contributed by atoms with Gasteiger partial charge in [-0.3, -0.25) is 24.1 Å². The molecular formula is C26H28BrF3N4O11S. The second-order valence-corrected chi connectivity index (χ2v) is 13.4. The highest BCUT2D eigenvalue weighted by Crippen LogP contribution is 2.57. The van der Waals surface area contributed by atoms with E-state index in [4.69, 9.17) is 5.73 Å². The zero-order valence-corrected chi connectivity index (χ0v) is 26.8. The molecule has 0 saturated heterocycles. The van der Waals surface area contributed by atoms with Crippen LogP contribution in [0.15, 0.2) is 22.7 Å². The van der Waals surface area contributed by atoms with Gasteiger partial charge in [0, 0.05) is 25.6 Å². The van der Waals surface area contributed by atoms with Crippen LogP contribution in [-0.4, -0.2) is 108 Å². The minimum Gasteiger partial charge on any atom is -0.510 e. The average molecular weight is 741 g/mol. The molecule has 0 spiro atoms. The number of nitrogens with one attached hydrogen (secondary N) is 1. The molecule has 0 radical (unpaired) electrons. The number of phenols is 1. The molecule has 4 rings (SSSR count). The Balaban J connectivity index is 2.07. The number of aliphatic hydroxyl groups is 3. The van der Waals surface area contributed by atoms with Gasteiger partial charge >= 0.3 is 15.6 Å². The maximum atomic E-state index is 14.1. The fraction of sp³-hybridized carbons (Fsp3) is 0.462. The molecule has 7 N–H and O–H groups in total. The summed E-state index contributed by atoms with van der Waals surface area (Å²) in [5.41, 5.74) is -7.73. The van der Waals surface area contributed by atoms with Gasteiger partial charge in [-0.25, -0.2) is 0 Å². The Morgan fingerprint density at radius 1 is 1.15 bits per heavy atom. The number of rotatable bonds is 7.